The number of methoxy groups -OCH3 is 2. The van der Waals surface area contributed by atoms with E-state index < -0.39 is 0 Å². The third-order valence-electron chi connectivity index (χ3n) is 2.12. The number of hydrogen-bond donors (Lipinski definition) is 1. The Morgan fingerprint density at radius 2 is 2.22 bits per heavy atom. The van der Waals surface area contributed by atoms with Gasteiger partial charge in [0.2, 0.25) is 0 Å². The Morgan fingerprint density at radius 1 is 1.33 bits per heavy atom. The molecule has 0 bridgehead atoms. The Bertz CT molecular complexity index is 525. The molecule has 1 aromatic heterocycles. The minimum atomic E-state index is 0.165. The molecule has 8 heteroatoms. The molecule has 0 saturated heterocycles. The zero-order chi connectivity index (χ0) is 12.8. The Balaban J connectivity index is 2.10. The van der Waals surface area contributed by atoms with Gasteiger partial charge in [-0.1, -0.05) is 0 Å². The van der Waals surface area contributed by atoms with Crippen molar-refractivity contribution in [2.75, 3.05) is 14.2 Å². The highest BCUT2D eigenvalue weighted by atomic mass is 16.5. The topological polar surface area (TPSA) is 99.4 Å². The summed E-state index contributed by atoms with van der Waals surface area (Å²) in [4.78, 5) is 0. The number of rotatable bonds is 5. The average Bonchev–Trinajstić information content (AvgIpc) is 2.92. The van der Waals surface area contributed by atoms with E-state index in [1.807, 2.05) is 6.07 Å². The number of benzene rings is 1. The van der Waals surface area contributed by atoms with E-state index in [0.29, 0.717) is 11.5 Å². The molecule has 94 valence electrons. The summed E-state index contributed by atoms with van der Waals surface area (Å²) in [5.41, 5.74) is 4.52. The van der Waals surface area contributed by atoms with Crippen molar-refractivity contribution in [3.8, 4) is 11.5 Å². The van der Waals surface area contributed by atoms with Gasteiger partial charge in [-0.25, -0.2) is 5.10 Å². The molecule has 0 unspecified atom stereocenters. The third kappa shape index (κ3) is 2.73. The number of H-pyrrole nitrogens is 1. The zero-order valence-electron chi connectivity index (χ0n) is 9.86. The highest BCUT2D eigenvalue weighted by Gasteiger charge is 2.01. The molecule has 0 aliphatic heterocycles. The second kappa shape index (κ2) is 5.62. The maximum absolute atomic E-state index is 5.21. The minimum absolute atomic E-state index is 0.165. The van der Waals surface area contributed by atoms with Crippen LogP contribution in [0.4, 0.5) is 5.95 Å². The fourth-order valence-corrected chi connectivity index (χ4v) is 1.27. The van der Waals surface area contributed by atoms with E-state index in [1.165, 1.54) is 6.21 Å². The zero-order valence-corrected chi connectivity index (χ0v) is 9.86. The lowest BCUT2D eigenvalue weighted by molar-refractivity contribution is 0.394. The molecule has 0 spiro atoms. The van der Waals surface area contributed by atoms with Crippen LogP contribution in [0, 0.1) is 0 Å². The van der Waals surface area contributed by atoms with Gasteiger partial charge in [0.1, 0.15) is 11.5 Å². The molecule has 0 aliphatic carbocycles. The van der Waals surface area contributed by atoms with E-state index in [2.05, 4.69) is 31.2 Å². The summed E-state index contributed by atoms with van der Waals surface area (Å²) < 4.78 is 10.3. The summed E-state index contributed by atoms with van der Waals surface area (Å²) in [5, 5.41) is 16.8. The summed E-state index contributed by atoms with van der Waals surface area (Å²) in [7, 11) is 3.16. The van der Waals surface area contributed by atoms with Crippen LogP contribution < -0.4 is 9.47 Å². The van der Waals surface area contributed by atoms with Crippen molar-refractivity contribution in [3.63, 3.8) is 0 Å². The highest BCUT2D eigenvalue weighted by Crippen LogP contribution is 2.23. The van der Waals surface area contributed by atoms with Crippen molar-refractivity contribution in [1.29, 1.82) is 0 Å². The fourth-order valence-electron chi connectivity index (χ4n) is 1.27. The molecule has 1 heterocycles. The van der Waals surface area contributed by atoms with Gasteiger partial charge in [0, 0.05) is 17.8 Å². The normalized spacial score (nSPS) is 10.6. The molecule has 2 rings (SSSR count). The SMILES string of the molecule is COc1ccc(/C=N\[N-]c2nn[nH]n2)c(OC)c1. The molecule has 0 radical (unpaired) electrons. The number of tetrazole rings is 1. The van der Waals surface area contributed by atoms with E-state index >= 15 is 0 Å². The molecular weight excluding hydrogens is 236 g/mol. The average molecular weight is 247 g/mol. The van der Waals surface area contributed by atoms with Crippen LogP contribution in [-0.2, 0) is 0 Å². The van der Waals surface area contributed by atoms with Gasteiger partial charge in [0.25, 0.3) is 0 Å². The third-order valence-corrected chi connectivity index (χ3v) is 2.12. The lowest BCUT2D eigenvalue weighted by Gasteiger charge is -2.07. The van der Waals surface area contributed by atoms with Crippen LogP contribution >= 0.6 is 0 Å². The van der Waals surface area contributed by atoms with Crippen molar-refractivity contribution in [2.24, 2.45) is 5.10 Å². The second-order valence-corrected chi connectivity index (χ2v) is 3.16. The van der Waals surface area contributed by atoms with Crippen molar-refractivity contribution in [2.45, 2.75) is 0 Å². The van der Waals surface area contributed by atoms with Gasteiger partial charge in [-0.15, -0.1) is 5.21 Å². The molecule has 8 nitrogen and oxygen atoms in total. The van der Waals surface area contributed by atoms with Crippen molar-refractivity contribution in [3.05, 3.63) is 29.2 Å². The van der Waals surface area contributed by atoms with Crippen LogP contribution in [0.15, 0.2) is 23.3 Å². The highest BCUT2D eigenvalue weighted by molar-refractivity contribution is 5.84. The monoisotopic (exact) mass is 247 g/mol. The van der Waals surface area contributed by atoms with E-state index in [4.69, 9.17) is 9.47 Å². The smallest absolute Gasteiger partial charge is 0.131 e. The fraction of sp³-hybridized carbons (Fsp3) is 0.200. The maximum Gasteiger partial charge on any atom is 0.131 e. The maximum atomic E-state index is 5.21. The van der Waals surface area contributed by atoms with E-state index in [0.717, 1.165) is 5.56 Å². The summed E-state index contributed by atoms with van der Waals surface area (Å²) in [5.74, 6) is 1.51. The van der Waals surface area contributed by atoms with Gasteiger partial charge >= 0.3 is 0 Å². The summed E-state index contributed by atoms with van der Waals surface area (Å²) >= 11 is 0. The van der Waals surface area contributed by atoms with Gasteiger partial charge in [0.15, 0.2) is 0 Å². The predicted octanol–water partition coefficient (Wildman–Crippen LogP) is 1.26. The van der Waals surface area contributed by atoms with Gasteiger partial charge < -0.3 is 9.47 Å². The van der Waals surface area contributed by atoms with Crippen LogP contribution in [0.1, 0.15) is 5.56 Å². The number of aromatic nitrogens is 4. The Morgan fingerprint density at radius 3 is 2.89 bits per heavy atom. The minimum Gasteiger partial charge on any atom is -0.497 e. The van der Waals surface area contributed by atoms with Crippen LogP contribution in [0.5, 0.6) is 11.5 Å². The predicted molar refractivity (Wildman–Crippen MR) is 64.3 cm³/mol. The molecule has 0 saturated carbocycles. The Hall–Kier alpha value is -2.64. The van der Waals surface area contributed by atoms with Crippen LogP contribution in [0.25, 0.3) is 5.43 Å². The van der Waals surface area contributed by atoms with E-state index in [9.17, 15) is 0 Å². The van der Waals surface area contributed by atoms with Gasteiger partial charge in [-0.3, -0.25) is 20.8 Å². The van der Waals surface area contributed by atoms with Crippen molar-refractivity contribution >= 4 is 12.2 Å². The largest absolute Gasteiger partial charge is 0.497 e. The second-order valence-electron chi connectivity index (χ2n) is 3.16. The Kier molecular flexibility index (Phi) is 3.69. The Labute approximate surface area is 103 Å². The molecule has 0 atom stereocenters. The number of ether oxygens (including phenoxy) is 2. The molecule has 1 N–H and O–H groups in total. The van der Waals surface area contributed by atoms with Crippen LogP contribution in [0.2, 0.25) is 0 Å². The number of nitrogens with one attached hydrogen (secondary N) is 1. The molecule has 2 aromatic rings. The lowest BCUT2D eigenvalue weighted by atomic mass is 10.2. The first kappa shape index (κ1) is 11.8. The molecular formula is C10H11N6O2-. The van der Waals surface area contributed by atoms with Gasteiger partial charge in [0.05, 0.1) is 20.2 Å². The van der Waals surface area contributed by atoms with E-state index in [-0.39, 0.29) is 5.95 Å². The molecule has 0 amide bonds. The molecule has 0 fully saturated rings. The summed E-state index contributed by atoms with van der Waals surface area (Å²) in [6, 6.07) is 5.38. The van der Waals surface area contributed by atoms with Crippen molar-refractivity contribution < 1.29 is 9.47 Å². The van der Waals surface area contributed by atoms with Crippen molar-refractivity contribution in [1.82, 2.24) is 20.6 Å². The summed E-state index contributed by atoms with van der Waals surface area (Å²) in [6.45, 7) is 0. The first-order valence-electron chi connectivity index (χ1n) is 5.03. The lowest BCUT2D eigenvalue weighted by Crippen LogP contribution is -1.92. The molecule has 0 aliphatic rings. The molecule has 1 aromatic carbocycles. The van der Waals surface area contributed by atoms with Crippen LogP contribution in [0.3, 0.4) is 0 Å². The first-order valence-corrected chi connectivity index (χ1v) is 5.03. The number of hydrogen-bond acceptors (Lipinski definition) is 6. The number of nitrogens with zero attached hydrogens (tertiary/aromatic N) is 5. The van der Waals surface area contributed by atoms with E-state index in [1.54, 1.807) is 26.4 Å². The van der Waals surface area contributed by atoms with Gasteiger partial charge in [-0.2, -0.15) is 0 Å². The van der Waals surface area contributed by atoms with Crippen LogP contribution in [-0.4, -0.2) is 41.1 Å². The van der Waals surface area contributed by atoms with Gasteiger partial charge in [-0.05, 0) is 12.1 Å². The quantitative estimate of drug-likeness (QED) is 0.633. The molecule has 18 heavy (non-hydrogen) atoms. The summed E-state index contributed by atoms with van der Waals surface area (Å²) in [6.07, 6.45) is 1.54. The number of aromatic amines is 1. The standard InChI is InChI=1S/C10H11N6O2/c1-17-8-4-3-7(9(5-8)18-2)6-11-12-10-13-15-16-14-10/h3-6H,1-2H3,(H-,12,13,14,15,16)/q-1/b11-6-. The first-order chi connectivity index (χ1) is 8.83.